The molecule has 278 valence electrons. The van der Waals surface area contributed by atoms with E-state index in [1.54, 1.807) is 0 Å². The molecule has 8 aromatic rings. The molecule has 7 aromatic carbocycles. The highest BCUT2D eigenvalue weighted by molar-refractivity contribution is 6.25. The van der Waals surface area contributed by atoms with Gasteiger partial charge in [0.2, 0.25) is 0 Å². The number of para-hydroxylation sites is 3. The van der Waals surface area contributed by atoms with Crippen molar-refractivity contribution in [1.82, 2.24) is 0 Å². The Morgan fingerprint density at radius 2 is 1.25 bits per heavy atom. The normalized spacial score (nSPS) is 18.3. The minimum Gasteiger partial charge on any atom is -0.489 e. The zero-order valence-electron chi connectivity index (χ0n) is 32.2. The molecule has 0 N–H and O–H groups in total. The van der Waals surface area contributed by atoms with E-state index in [2.05, 4.69) is 199 Å². The summed E-state index contributed by atoms with van der Waals surface area (Å²) in [5, 5.41) is 9.75. The summed E-state index contributed by atoms with van der Waals surface area (Å²) >= 11 is 0. The van der Waals surface area contributed by atoms with Crippen molar-refractivity contribution in [3.05, 3.63) is 234 Å². The van der Waals surface area contributed by atoms with Gasteiger partial charge >= 0.3 is 0 Å². The Balaban J connectivity index is 1.07. The van der Waals surface area contributed by atoms with Gasteiger partial charge in [-0.2, -0.15) is 0 Å². The van der Waals surface area contributed by atoms with Crippen molar-refractivity contribution in [3.8, 4) is 5.75 Å². The molecule has 0 saturated carbocycles. The van der Waals surface area contributed by atoms with Gasteiger partial charge in [0.1, 0.15) is 23.5 Å². The van der Waals surface area contributed by atoms with Gasteiger partial charge in [-0.1, -0.05) is 151 Å². The van der Waals surface area contributed by atoms with E-state index in [0.29, 0.717) is 6.61 Å². The Labute approximate surface area is 342 Å². The summed E-state index contributed by atoms with van der Waals surface area (Å²) in [6.45, 7) is 0.514. The van der Waals surface area contributed by atoms with Crippen LogP contribution in [-0.4, -0.2) is 6.61 Å². The second kappa shape index (κ2) is 13.5. The van der Waals surface area contributed by atoms with Crippen LogP contribution in [0.3, 0.4) is 0 Å². The third kappa shape index (κ3) is 5.51. The predicted molar refractivity (Wildman–Crippen MR) is 245 cm³/mol. The van der Waals surface area contributed by atoms with Gasteiger partial charge in [0.05, 0.1) is 5.70 Å². The standard InChI is InChI=1S/C56H37NO2/c1-2-10-30-58-55-36(13-3-1)14-11-20-44(55)37-24-26-41-33-39(31-37)40-32-38(45-21-12-22-52-51-19-8-9-23-54(51)59-56(45)52)25-27-42(34-40)57(41)43-28-29-50-48-17-5-4-15-46(48)47-16-6-7-18-49(47)53(50)35-43/h1-12,14-29,31-33,35,39H,13,30H2/b3-1-,10-2-. The van der Waals surface area contributed by atoms with Crippen LogP contribution in [0.1, 0.15) is 16.7 Å². The Hall–Kier alpha value is -7.58. The first kappa shape index (κ1) is 33.5. The monoisotopic (exact) mass is 755 g/mol. The first-order valence-electron chi connectivity index (χ1n) is 20.4. The number of hydrogen-bond donors (Lipinski definition) is 0. The van der Waals surface area contributed by atoms with E-state index in [9.17, 15) is 0 Å². The minimum atomic E-state index is -0.0861. The summed E-state index contributed by atoms with van der Waals surface area (Å²) in [5.74, 6) is 0.849. The molecular formula is C56H37NO2. The lowest BCUT2D eigenvalue weighted by Crippen LogP contribution is -2.19. The number of allylic oxidation sites excluding steroid dienone is 12. The van der Waals surface area contributed by atoms with Crippen LogP contribution in [0.5, 0.6) is 5.75 Å². The van der Waals surface area contributed by atoms with Crippen molar-refractivity contribution in [2.24, 2.45) is 5.92 Å². The van der Waals surface area contributed by atoms with E-state index in [1.165, 1.54) is 37.9 Å². The lowest BCUT2D eigenvalue weighted by Gasteiger charge is -2.26. The highest BCUT2D eigenvalue weighted by Gasteiger charge is 2.27. The van der Waals surface area contributed by atoms with E-state index in [4.69, 9.17) is 9.15 Å². The number of ether oxygens (including phenoxy) is 1. The van der Waals surface area contributed by atoms with Gasteiger partial charge in [0, 0.05) is 44.8 Å². The first-order valence-corrected chi connectivity index (χ1v) is 20.4. The topological polar surface area (TPSA) is 25.6 Å². The fourth-order valence-electron chi connectivity index (χ4n) is 9.43. The molecule has 12 rings (SSSR count). The van der Waals surface area contributed by atoms with Gasteiger partial charge in [-0.05, 0) is 104 Å². The molecule has 0 saturated heterocycles. The molecule has 0 amide bonds. The Morgan fingerprint density at radius 3 is 2.10 bits per heavy atom. The third-order valence-corrected chi connectivity index (χ3v) is 12.2. The fraction of sp³-hybridized carbons (Fsp3) is 0.0536. The number of benzene rings is 7. The van der Waals surface area contributed by atoms with E-state index in [-0.39, 0.29) is 5.92 Å². The van der Waals surface area contributed by atoms with Crippen molar-refractivity contribution < 1.29 is 9.15 Å². The van der Waals surface area contributed by atoms with Crippen LogP contribution in [0.4, 0.5) is 5.69 Å². The maximum Gasteiger partial charge on any atom is 0.143 e. The molecule has 2 aliphatic carbocycles. The van der Waals surface area contributed by atoms with Gasteiger partial charge < -0.3 is 14.1 Å². The van der Waals surface area contributed by atoms with Crippen molar-refractivity contribution in [1.29, 1.82) is 0 Å². The lowest BCUT2D eigenvalue weighted by molar-refractivity contribution is 0.359. The molecular weight excluding hydrogens is 719 g/mol. The second-order valence-electron chi connectivity index (χ2n) is 15.6. The van der Waals surface area contributed by atoms with Crippen LogP contribution in [-0.2, 0) is 6.42 Å². The molecule has 1 aromatic heterocycles. The minimum absolute atomic E-state index is 0.0861. The van der Waals surface area contributed by atoms with Crippen LogP contribution >= 0.6 is 0 Å². The van der Waals surface area contributed by atoms with Gasteiger partial charge in [0.15, 0.2) is 0 Å². The van der Waals surface area contributed by atoms with Gasteiger partial charge in [-0.3, -0.25) is 0 Å². The smallest absolute Gasteiger partial charge is 0.143 e. The molecule has 0 fully saturated rings. The summed E-state index contributed by atoms with van der Waals surface area (Å²) < 4.78 is 13.1. The second-order valence-corrected chi connectivity index (χ2v) is 15.6. The third-order valence-electron chi connectivity index (χ3n) is 12.2. The van der Waals surface area contributed by atoms with E-state index in [0.717, 1.165) is 79.0 Å². The zero-order chi connectivity index (χ0) is 38.9. The van der Waals surface area contributed by atoms with E-state index >= 15 is 0 Å². The van der Waals surface area contributed by atoms with Crippen molar-refractivity contribution >= 4 is 71.1 Å². The first-order chi connectivity index (χ1) is 29.2. The lowest BCUT2D eigenvalue weighted by atomic mass is 9.91. The van der Waals surface area contributed by atoms with Gasteiger partial charge in [-0.15, -0.1) is 0 Å². The summed E-state index contributed by atoms with van der Waals surface area (Å²) in [7, 11) is 0. The molecule has 3 nitrogen and oxygen atoms in total. The average molecular weight is 756 g/mol. The molecule has 4 aliphatic rings. The largest absolute Gasteiger partial charge is 0.489 e. The number of furan rings is 1. The molecule has 1 unspecified atom stereocenters. The summed E-state index contributed by atoms with van der Waals surface area (Å²) in [4.78, 5) is 2.37. The van der Waals surface area contributed by atoms with Crippen LogP contribution in [0.15, 0.2) is 221 Å². The summed E-state index contributed by atoms with van der Waals surface area (Å²) in [5.41, 5.74) is 15.5. The molecule has 59 heavy (non-hydrogen) atoms. The maximum atomic E-state index is 6.59. The average Bonchev–Trinajstić information content (AvgIpc) is 3.34. The summed E-state index contributed by atoms with van der Waals surface area (Å²) in [6, 6.07) is 45.8. The van der Waals surface area contributed by atoms with Crippen molar-refractivity contribution in [2.45, 2.75) is 6.42 Å². The van der Waals surface area contributed by atoms with Crippen LogP contribution < -0.4 is 9.64 Å². The number of rotatable bonds is 3. The van der Waals surface area contributed by atoms with E-state index in [1.807, 2.05) is 6.07 Å². The highest BCUT2D eigenvalue weighted by Crippen LogP contribution is 2.44. The molecule has 0 spiro atoms. The molecule has 2 aliphatic heterocycles. The van der Waals surface area contributed by atoms with Crippen LogP contribution in [0, 0.1) is 5.92 Å². The maximum absolute atomic E-state index is 6.59. The summed E-state index contributed by atoms with van der Waals surface area (Å²) in [6.07, 6.45) is 25.3. The predicted octanol–water partition coefficient (Wildman–Crippen LogP) is 14.1. The van der Waals surface area contributed by atoms with E-state index < -0.39 is 0 Å². The molecule has 0 radical (unpaired) electrons. The highest BCUT2D eigenvalue weighted by atomic mass is 16.5. The number of fused-ring (bicyclic) bond motifs is 12. The van der Waals surface area contributed by atoms with Gasteiger partial charge in [0.25, 0.3) is 0 Å². The quantitative estimate of drug-likeness (QED) is 0.133. The SMILES string of the molecule is C1=C2C=C(c3cccc4c3oc3ccccc34)C=CC=1N(c1ccc3c4ccccc4c4ccccc4c3c1)C1=CC2C=C(c2cccc3c2OC/C=C\C=C/C3)C=C1. The molecule has 4 bridgehead atoms. The Kier molecular flexibility index (Phi) is 7.69. The van der Waals surface area contributed by atoms with Crippen LogP contribution in [0.25, 0.3) is 65.4 Å². The van der Waals surface area contributed by atoms with Crippen LogP contribution in [0.2, 0.25) is 0 Å². The number of anilines is 1. The Morgan fingerprint density at radius 1 is 0.559 bits per heavy atom. The number of nitrogens with zero attached hydrogens (tertiary/aromatic N) is 1. The van der Waals surface area contributed by atoms with Crippen molar-refractivity contribution in [3.63, 3.8) is 0 Å². The van der Waals surface area contributed by atoms with Crippen molar-refractivity contribution in [2.75, 3.05) is 11.5 Å². The molecule has 3 heterocycles. The fourth-order valence-corrected chi connectivity index (χ4v) is 9.43. The molecule has 1 atom stereocenters. The zero-order valence-corrected chi connectivity index (χ0v) is 32.2. The van der Waals surface area contributed by atoms with Gasteiger partial charge in [-0.25, -0.2) is 0 Å². The number of hydrogen-bond acceptors (Lipinski definition) is 3. The molecule has 3 heteroatoms. The Bertz CT molecular complexity index is 3370.